The van der Waals surface area contributed by atoms with Gasteiger partial charge in [0.2, 0.25) is 0 Å². The number of benzene rings is 2. The van der Waals surface area contributed by atoms with Crippen LogP contribution in [0.4, 0.5) is 0 Å². The molecule has 1 aliphatic rings. The molecular formula is C19H22N4O. The van der Waals surface area contributed by atoms with Crippen LogP contribution in [0.1, 0.15) is 18.5 Å². The molecule has 1 fully saturated rings. The van der Waals surface area contributed by atoms with E-state index < -0.39 is 0 Å². The monoisotopic (exact) mass is 322 g/mol. The van der Waals surface area contributed by atoms with E-state index in [1.165, 1.54) is 16.3 Å². The Morgan fingerprint density at radius 3 is 2.96 bits per heavy atom. The summed E-state index contributed by atoms with van der Waals surface area (Å²) in [6.45, 7) is 5.66. The molecule has 1 saturated heterocycles. The normalized spacial score (nSPS) is 20.3. The smallest absolute Gasteiger partial charge is 0.137 e. The fourth-order valence-electron chi connectivity index (χ4n) is 3.55. The highest BCUT2D eigenvalue weighted by Gasteiger charge is 2.26. The van der Waals surface area contributed by atoms with E-state index in [9.17, 15) is 0 Å². The number of hydrogen-bond acceptors (Lipinski definition) is 4. The minimum atomic E-state index is 0.151. The minimum absolute atomic E-state index is 0.151. The highest BCUT2D eigenvalue weighted by molar-refractivity contribution is 5.86. The summed E-state index contributed by atoms with van der Waals surface area (Å²) in [4.78, 5) is 6.51. The average Bonchev–Trinajstić information content (AvgIpc) is 3.14. The second-order valence-electron chi connectivity index (χ2n) is 6.35. The van der Waals surface area contributed by atoms with E-state index in [4.69, 9.17) is 4.74 Å². The number of nitrogens with zero attached hydrogens (tertiary/aromatic N) is 4. The van der Waals surface area contributed by atoms with Gasteiger partial charge >= 0.3 is 0 Å². The van der Waals surface area contributed by atoms with Gasteiger partial charge in [-0.2, -0.15) is 5.10 Å². The van der Waals surface area contributed by atoms with E-state index >= 15 is 0 Å². The van der Waals surface area contributed by atoms with E-state index in [1.807, 2.05) is 4.68 Å². The van der Waals surface area contributed by atoms with Gasteiger partial charge < -0.3 is 4.74 Å². The van der Waals surface area contributed by atoms with Crippen molar-refractivity contribution in [3.8, 4) is 0 Å². The van der Waals surface area contributed by atoms with Crippen LogP contribution in [-0.2, 0) is 11.3 Å². The van der Waals surface area contributed by atoms with E-state index in [0.717, 1.165) is 26.2 Å². The highest BCUT2D eigenvalue weighted by atomic mass is 16.5. The molecule has 0 unspecified atom stereocenters. The number of morpholine rings is 1. The Labute approximate surface area is 141 Å². The first-order chi connectivity index (χ1) is 11.8. The second-order valence-corrected chi connectivity index (χ2v) is 6.35. The van der Waals surface area contributed by atoms with Gasteiger partial charge in [0.05, 0.1) is 19.3 Å². The van der Waals surface area contributed by atoms with Crippen molar-refractivity contribution < 1.29 is 4.74 Å². The van der Waals surface area contributed by atoms with Crippen molar-refractivity contribution in [3.05, 3.63) is 60.7 Å². The zero-order valence-corrected chi connectivity index (χ0v) is 13.9. The zero-order valence-electron chi connectivity index (χ0n) is 13.9. The summed E-state index contributed by atoms with van der Waals surface area (Å²) in [7, 11) is 0. The first kappa shape index (κ1) is 15.3. The van der Waals surface area contributed by atoms with Crippen molar-refractivity contribution in [3.63, 3.8) is 0 Å². The molecule has 5 nitrogen and oxygen atoms in total. The minimum Gasteiger partial charge on any atom is -0.374 e. The molecule has 0 bridgehead atoms. The fraction of sp³-hybridized carbons (Fsp3) is 0.368. The van der Waals surface area contributed by atoms with E-state index in [2.05, 4.69) is 64.4 Å². The molecule has 0 radical (unpaired) electrons. The largest absolute Gasteiger partial charge is 0.374 e. The molecule has 3 aromatic rings. The van der Waals surface area contributed by atoms with E-state index in [-0.39, 0.29) is 6.10 Å². The molecule has 2 atom stereocenters. The Morgan fingerprint density at radius 2 is 2.08 bits per heavy atom. The number of fused-ring (bicyclic) bond motifs is 1. The van der Waals surface area contributed by atoms with Crippen LogP contribution in [0.15, 0.2) is 55.1 Å². The molecule has 2 aromatic carbocycles. The molecule has 0 spiro atoms. The molecule has 0 N–H and O–H groups in total. The van der Waals surface area contributed by atoms with Gasteiger partial charge in [0.1, 0.15) is 12.7 Å². The van der Waals surface area contributed by atoms with E-state index in [0.29, 0.717) is 6.04 Å². The van der Waals surface area contributed by atoms with Crippen molar-refractivity contribution in [2.24, 2.45) is 0 Å². The Morgan fingerprint density at radius 1 is 1.21 bits per heavy atom. The molecule has 5 heteroatoms. The first-order valence-corrected chi connectivity index (χ1v) is 8.47. The topological polar surface area (TPSA) is 43.2 Å². The standard InChI is InChI=1S/C19H22N4O/c1-15(18-8-4-6-16-5-2-3-7-19(16)18)22-9-10-24-17(11-22)12-23-14-20-13-21-23/h2-8,13-15,17H,9-12H2,1H3/t15-,17+/m1/s1. The van der Waals surface area contributed by atoms with Crippen LogP contribution in [0.3, 0.4) is 0 Å². The van der Waals surface area contributed by atoms with Gasteiger partial charge in [0.25, 0.3) is 0 Å². The maximum Gasteiger partial charge on any atom is 0.137 e. The highest BCUT2D eigenvalue weighted by Crippen LogP contribution is 2.29. The maximum absolute atomic E-state index is 5.92. The average molecular weight is 322 g/mol. The summed E-state index contributed by atoms with van der Waals surface area (Å²) in [5, 5.41) is 6.83. The lowest BCUT2D eigenvalue weighted by molar-refractivity contribution is -0.0495. The first-order valence-electron chi connectivity index (χ1n) is 8.47. The Hall–Kier alpha value is -2.24. The lowest BCUT2D eigenvalue weighted by atomic mass is 9.98. The van der Waals surface area contributed by atoms with Crippen molar-refractivity contribution in [2.45, 2.75) is 25.6 Å². The summed E-state index contributed by atoms with van der Waals surface area (Å²) < 4.78 is 7.77. The van der Waals surface area contributed by atoms with Crippen LogP contribution in [0, 0.1) is 0 Å². The molecule has 1 aromatic heterocycles. The van der Waals surface area contributed by atoms with Crippen LogP contribution in [-0.4, -0.2) is 45.5 Å². The van der Waals surface area contributed by atoms with Crippen molar-refractivity contribution in [1.29, 1.82) is 0 Å². The summed E-state index contributed by atoms with van der Waals surface area (Å²) in [5.41, 5.74) is 1.38. The van der Waals surface area contributed by atoms with Crippen molar-refractivity contribution in [1.82, 2.24) is 19.7 Å². The fourth-order valence-corrected chi connectivity index (χ4v) is 3.55. The van der Waals surface area contributed by atoms with Crippen LogP contribution in [0.2, 0.25) is 0 Å². The molecule has 0 amide bonds. The lowest BCUT2D eigenvalue weighted by Crippen LogP contribution is -2.45. The third-order valence-corrected chi connectivity index (χ3v) is 4.85. The van der Waals surface area contributed by atoms with Gasteiger partial charge in [-0.3, -0.25) is 9.58 Å². The third kappa shape index (κ3) is 3.05. The molecule has 124 valence electrons. The van der Waals surface area contributed by atoms with Gasteiger partial charge in [-0.25, -0.2) is 4.98 Å². The van der Waals surface area contributed by atoms with E-state index in [1.54, 1.807) is 12.7 Å². The van der Waals surface area contributed by atoms with Gasteiger partial charge in [0.15, 0.2) is 0 Å². The summed E-state index contributed by atoms with van der Waals surface area (Å²) in [5.74, 6) is 0. The molecule has 24 heavy (non-hydrogen) atoms. The number of hydrogen-bond donors (Lipinski definition) is 0. The Bertz CT molecular complexity index is 797. The SMILES string of the molecule is C[C@H](c1cccc2ccccc12)N1CCO[C@H](Cn2cncn2)C1. The van der Waals surface area contributed by atoms with Crippen LogP contribution in [0.25, 0.3) is 10.8 Å². The van der Waals surface area contributed by atoms with Crippen LogP contribution >= 0.6 is 0 Å². The van der Waals surface area contributed by atoms with Gasteiger partial charge in [-0.05, 0) is 23.3 Å². The Balaban J connectivity index is 1.53. The maximum atomic E-state index is 5.92. The van der Waals surface area contributed by atoms with Gasteiger partial charge in [-0.15, -0.1) is 0 Å². The van der Waals surface area contributed by atoms with Crippen molar-refractivity contribution >= 4 is 10.8 Å². The molecule has 4 rings (SSSR count). The van der Waals surface area contributed by atoms with Gasteiger partial charge in [-0.1, -0.05) is 42.5 Å². The third-order valence-electron chi connectivity index (χ3n) is 4.85. The molecule has 0 saturated carbocycles. The molecule has 1 aliphatic heterocycles. The zero-order chi connectivity index (χ0) is 16.4. The number of ether oxygens (including phenoxy) is 1. The van der Waals surface area contributed by atoms with Gasteiger partial charge in [0, 0.05) is 19.1 Å². The number of aromatic nitrogens is 3. The van der Waals surface area contributed by atoms with Crippen molar-refractivity contribution in [2.75, 3.05) is 19.7 Å². The second kappa shape index (κ2) is 6.71. The number of rotatable bonds is 4. The molecule has 2 heterocycles. The lowest BCUT2D eigenvalue weighted by Gasteiger charge is -2.37. The summed E-state index contributed by atoms with van der Waals surface area (Å²) >= 11 is 0. The summed E-state index contributed by atoms with van der Waals surface area (Å²) in [6, 6.07) is 15.5. The van der Waals surface area contributed by atoms with Crippen LogP contribution in [0.5, 0.6) is 0 Å². The molecule has 0 aliphatic carbocycles. The summed E-state index contributed by atoms with van der Waals surface area (Å²) in [6.07, 6.45) is 3.47. The predicted octanol–water partition coefficient (Wildman–Crippen LogP) is 2.89. The Kier molecular flexibility index (Phi) is 4.28. The van der Waals surface area contributed by atoms with Crippen LogP contribution < -0.4 is 0 Å². The predicted molar refractivity (Wildman–Crippen MR) is 93.7 cm³/mol. The quantitative estimate of drug-likeness (QED) is 0.741. The molecular weight excluding hydrogens is 300 g/mol.